The van der Waals surface area contributed by atoms with Crippen molar-refractivity contribution >= 4 is 15.7 Å². The highest BCUT2D eigenvalue weighted by atomic mass is 28.2. The van der Waals surface area contributed by atoms with Crippen molar-refractivity contribution in [2.75, 3.05) is 0 Å². The number of rotatable bonds is 4. The van der Waals surface area contributed by atoms with E-state index in [9.17, 15) is 4.79 Å². The first kappa shape index (κ1) is 10.5. The summed E-state index contributed by atoms with van der Waals surface area (Å²) in [4.78, 5) is 10.8. The molecule has 1 rings (SSSR count). The van der Waals surface area contributed by atoms with Gasteiger partial charge in [0.25, 0.3) is 0 Å². The van der Waals surface area contributed by atoms with Crippen molar-refractivity contribution in [3.05, 3.63) is 41.6 Å². The molecule has 0 atom stereocenters. The van der Waals surface area contributed by atoms with Crippen LogP contribution in [0.2, 0.25) is 0 Å². The summed E-state index contributed by atoms with van der Waals surface area (Å²) in [7, 11) is 0.0974. The first-order chi connectivity index (χ1) is 6.61. The lowest BCUT2D eigenvalue weighted by Gasteiger charge is -2.06. The van der Waals surface area contributed by atoms with Crippen molar-refractivity contribution in [2.24, 2.45) is 0 Å². The van der Waals surface area contributed by atoms with Gasteiger partial charge >= 0.3 is 15.7 Å². The Morgan fingerprint density at radius 3 is 2.71 bits per heavy atom. The Bertz CT molecular complexity index is 360. The molecule has 0 aromatic heterocycles. The van der Waals surface area contributed by atoms with Gasteiger partial charge in [-0.15, -0.1) is 6.58 Å². The Balaban J connectivity index is 2.84. The van der Waals surface area contributed by atoms with E-state index in [0.717, 1.165) is 5.20 Å². The van der Waals surface area contributed by atoms with Crippen LogP contribution in [0.25, 0.3) is 0 Å². The van der Waals surface area contributed by atoms with Gasteiger partial charge in [0.15, 0.2) is 0 Å². The molecule has 0 unspecified atom stereocenters. The Hall–Kier alpha value is -1.55. The Kier molecular flexibility index (Phi) is 3.47. The van der Waals surface area contributed by atoms with Gasteiger partial charge in [-0.1, -0.05) is 17.3 Å². The van der Waals surface area contributed by atoms with E-state index in [1.54, 1.807) is 18.2 Å². The maximum Gasteiger partial charge on any atom is 0.345 e. The second kappa shape index (κ2) is 4.62. The molecule has 1 aromatic carbocycles. The van der Waals surface area contributed by atoms with E-state index in [1.807, 2.05) is 6.92 Å². The number of aromatic carboxylic acids is 1. The molecule has 72 valence electrons. The van der Waals surface area contributed by atoms with Gasteiger partial charge in [-0.25, -0.2) is 4.79 Å². The van der Waals surface area contributed by atoms with Crippen LogP contribution in [0.3, 0.4) is 0 Å². The highest BCUT2D eigenvalue weighted by Gasteiger charge is 2.09. The molecule has 4 heteroatoms. The number of allylic oxidation sites excluding steroid dienone is 1. The van der Waals surface area contributed by atoms with Gasteiger partial charge in [0.1, 0.15) is 5.75 Å². The van der Waals surface area contributed by atoms with Gasteiger partial charge in [-0.05, 0) is 19.1 Å². The van der Waals surface area contributed by atoms with E-state index in [4.69, 9.17) is 9.53 Å². The molecular formula is C10H10O3Si. The zero-order valence-electron chi connectivity index (χ0n) is 7.78. The number of para-hydroxylation sites is 1. The van der Waals surface area contributed by atoms with Crippen LogP contribution in [0.4, 0.5) is 0 Å². The third-order valence-corrected chi connectivity index (χ3v) is 2.12. The van der Waals surface area contributed by atoms with Crippen molar-refractivity contribution in [1.82, 2.24) is 0 Å². The van der Waals surface area contributed by atoms with Gasteiger partial charge in [0.2, 0.25) is 0 Å². The lowest BCUT2D eigenvalue weighted by Crippen LogP contribution is -2.07. The van der Waals surface area contributed by atoms with Crippen LogP contribution in [0, 0.1) is 0 Å². The predicted molar refractivity (Wildman–Crippen MR) is 54.6 cm³/mol. The van der Waals surface area contributed by atoms with Crippen LogP contribution in [-0.2, 0) is 0 Å². The fourth-order valence-electron chi connectivity index (χ4n) is 0.874. The summed E-state index contributed by atoms with van der Waals surface area (Å²) in [5.41, 5.74) is 0.182. The molecular weight excluding hydrogens is 196 g/mol. The minimum absolute atomic E-state index is 0.0974. The number of hydrogen-bond acceptors (Lipinski definition) is 2. The van der Waals surface area contributed by atoms with E-state index in [1.165, 1.54) is 6.07 Å². The molecule has 0 spiro atoms. The standard InChI is InChI=1S/C10H10O3Si/c1-7(2)14-13-9-6-4-3-5-8(9)10(11)12/h3-6H,1H2,2H3,(H,11,12). The van der Waals surface area contributed by atoms with Crippen LogP contribution < -0.4 is 4.43 Å². The number of carboxylic acids is 1. The molecule has 3 nitrogen and oxygen atoms in total. The monoisotopic (exact) mass is 206 g/mol. The zero-order valence-corrected chi connectivity index (χ0v) is 8.78. The molecule has 0 aliphatic carbocycles. The minimum atomic E-state index is -0.980. The number of benzene rings is 1. The predicted octanol–water partition coefficient (Wildman–Crippen LogP) is 1.92. The van der Waals surface area contributed by atoms with Crippen molar-refractivity contribution in [3.8, 4) is 5.75 Å². The summed E-state index contributed by atoms with van der Waals surface area (Å²) < 4.78 is 5.31. The smallest absolute Gasteiger partial charge is 0.345 e. The van der Waals surface area contributed by atoms with Crippen molar-refractivity contribution < 1.29 is 14.3 Å². The highest BCUT2D eigenvalue weighted by Crippen LogP contribution is 2.17. The van der Waals surface area contributed by atoms with Gasteiger partial charge in [0.05, 0.1) is 5.56 Å². The molecule has 14 heavy (non-hydrogen) atoms. The van der Waals surface area contributed by atoms with Crippen molar-refractivity contribution in [1.29, 1.82) is 0 Å². The molecule has 1 N–H and O–H groups in total. The topological polar surface area (TPSA) is 46.5 Å². The Morgan fingerprint density at radius 2 is 2.14 bits per heavy atom. The molecule has 2 radical (unpaired) electrons. The van der Waals surface area contributed by atoms with Crippen LogP contribution in [0.5, 0.6) is 5.75 Å². The first-order valence-electron chi connectivity index (χ1n) is 4.02. The van der Waals surface area contributed by atoms with E-state index in [2.05, 4.69) is 6.58 Å². The first-order valence-corrected chi connectivity index (χ1v) is 4.93. The number of carbonyl (C=O) groups is 1. The molecule has 0 fully saturated rings. The molecule has 0 aliphatic rings. The average Bonchev–Trinajstić information content (AvgIpc) is 2.15. The summed E-state index contributed by atoms with van der Waals surface area (Å²) in [6.07, 6.45) is 0. The van der Waals surface area contributed by atoms with Gasteiger partial charge in [-0.3, -0.25) is 0 Å². The average molecular weight is 206 g/mol. The largest absolute Gasteiger partial charge is 0.535 e. The lowest BCUT2D eigenvalue weighted by molar-refractivity contribution is 0.0695. The molecule has 0 saturated carbocycles. The van der Waals surface area contributed by atoms with Crippen LogP contribution in [0.15, 0.2) is 36.0 Å². The fraction of sp³-hybridized carbons (Fsp3) is 0.100. The third-order valence-electron chi connectivity index (χ3n) is 1.45. The van der Waals surface area contributed by atoms with E-state index in [-0.39, 0.29) is 15.3 Å². The molecule has 0 bridgehead atoms. The molecule has 1 aromatic rings. The van der Waals surface area contributed by atoms with Crippen molar-refractivity contribution in [3.63, 3.8) is 0 Å². The van der Waals surface area contributed by atoms with E-state index >= 15 is 0 Å². The second-order valence-electron chi connectivity index (χ2n) is 2.79. The maximum absolute atomic E-state index is 10.8. The maximum atomic E-state index is 10.8. The normalized spacial score (nSPS) is 9.50. The summed E-state index contributed by atoms with van der Waals surface area (Å²) >= 11 is 0. The quantitative estimate of drug-likeness (QED) is 0.765. The zero-order chi connectivity index (χ0) is 10.6. The summed E-state index contributed by atoms with van der Waals surface area (Å²) in [5, 5.41) is 9.71. The van der Waals surface area contributed by atoms with E-state index in [0.29, 0.717) is 5.75 Å². The number of hydrogen-bond donors (Lipinski definition) is 1. The lowest BCUT2D eigenvalue weighted by atomic mass is 10.2. The van der Waals surface area contributed by atoms with Crippen LogP contribution in [-0.4, -0.2) is 20.8 Å². The van der Waals surface area contributed by atoms with E-state index < -0.39 is 5.97 Å². The second-order valence-corrected chi connectivity index (χ2v) is 4.05. The van der Waals surface area contributed by atoms with Gasteiger partial charge < -0.3 is 9.53 Å². The Morgan fingerprint density at radius 1 is 1.50 bits per heavy atom. The summed E-state index contributed by atoms with van der Waals surface area (Å²) in [6.45, 7) is 5.52. The van der Waals surface area contributed by atoms with Crippen LogP contribution in [0.1, 0.15) is 17.3 Å². The fourth-order valence-corrected chi connectivity index (χ4v) is 1.34. The summed E-state index contributed by atoms with van der Waals surface area (Å²) in [6, 6.07) is 6.56. The number of carboxylic acid groups (broad SMARTS) is 1. The molecule has 0 heterocycles. The van der Waals surface area contributed by atoms with Gasteiger partial charge in [-0.2, -0.15) is 0 Å². The SMILES string of the molecule is C=C(C)[Si]Oc1ccccc1C(=O)O. The van der Waals surface area contributed by atoms with Crippen LogP contribution >= 0.6 is 0 Å². The summed E-state index contributed by atoms with van der Waals surface area (Å²) in [5.74, 6) is -0.589. The molecule has 0 amide bonds. The third kappa shape index (κ3) is 2.74. The van der Waals surface area contributed by atoms with Crippen molar-refractivity contribution in [2.45, 2.75) is 6.92 Å². The Labute approximate surface area is 85.0 Å². The molecule has 0 saturated heterocycles. The van der Waals surface area contributed by atoms with Gasteiger partial charge in [0, 0.05) is 0 Å². The molecule has 0 aliphatic heterocycles. The highest BCUT2D eigenvalue weighted by molar-refractivity contribution is 6.38. The minimum Gasteiger partial charge on any atom is -0.535 e.